The highest BCUT2D eigenvalue weighted by atomic mass is 32.2. The average Bonchev–Trinajstić information content (AvgIpc) is 3.10. The number of likely N-dealkylation sites (tertiary alicyclic amines) is 1. The summed E-state index contributed by atoms with van der Waals surface area (Å²) in [6.07, 6.45) is 1.01. The smallest absolute Gasteiger partial charge is 0.407 e. The predicted octanol–water partition coefficient (Wildman–Crippen LogP) is 8.19. The van der Waals surface area contributed by atoms with Gasteiger partial charge in [-0.25, -0.2) is 4.79 Å². The highest BCUT2D eigenvalue weighted by Crippen LogP contribution is 2.46. The van der Waals surface area contributed by atoms with Crippen molar-refractivity contribution in [1.82, 2.24) is 4.90 Å². The maximum absolute atomic E-state index is 12.8. The van der Waals surface area contributed by atoms with E-state index in [4.69, 9.17) is 23.4 Å². The molecule has 0 bridgehead atoms. The molecule has 3 atom stereocenters. The van der Waals surface area contributed by atoms with E-state index in [-0.39, 0.29) is 44.2 Å². The Balaban J connectivity index is 1.67. The van der Waals surface area contributed by atoms with Crippen LogP contribution in [0.2, 0.25) is 16.6 Å². The number of carboxylic acid groups (broad SMARTS) is 1. The predicted molar refractivity (Wildman–Crippen MR) is 206 cm³/mol. The molecular formula is C39H60N2O8SSi. The SMILES string of the molecule is COCCCCSc1ccc([C@@H]2[C@@H](OCc3ccc4c(c3)N(CCCOC)C(=O)CO4)CN(C(=O)O)C[C@H]2O[Si](C(C)C)(C(C)C)C(C)C)cc1. The van der Waals surface area contributed by atoms with Crippen LogP contribution in [0.3, 0.4) is 0 Å². The van der Waals surface area contributed by atoms with E-state index in [1.54, 1.807) is 19.1 Å². The number of hydrogen-bond acceptors (Lipinski definition) is 8. The van der Waals surface area contributed by atoms with Crippen LogP contribution >= 0.6 is 11.8 Å². The van der Waals surface area contributed by atoms with Crippen LogP contribution in [-0.4, -0.2) is 102 Å². The Labute approximate surface area is 310 Å². The van der Waals surface area contributed by atoms with Crippen LogP contribution in [0.1, 0.15) is 77.8 Å². The lowest BCUT2D eigenvalue weighted by molar-refractivity contribution is -0.121. The van der Waals surface area contributed by atoms with Crippen molar-refractivity contribution in [1.29, 1.82) is 0 Å². The molecule has 2 aliphatic heterocycles. The van der Waals surface area contributed by atoms with E-state index < -0.39 is 20.5 Å². The van der Waals surface area contributed by atoms with E-state index in [0.717, 1.165) is 36.3 Å². The van der Waals surface area contributed by atoms with Crippen molar-refractivity contribution in [3.63, 3.8) is 0 Å². The second-order valence-electron chi connectivity index (χ2n) is 14.6. The largest absolute Gasteiger partial charge is 0.482 e. The first-order valence-electron chi connectivity index (χ1n) is 18.5. The molecule has 0 unspecified atom stereocenters. The maximum atomic E-state index is 12.8. The van der Waals surface area contributed by atoms with Crippen molar-refractivity contribution in [2.45, 2.75) is 107 Å². The summed E-state index contributed by atoms with van der Waals surface area (Å²) >= 11 is 1.84. The third-order valence-corrected chi connectivity index (χ3v) is 17.6. The van der Waals surface area contributed by atoms with E-state index in [1.165, 1.54) is 9.80 Å². The minimum absolute atomic E-state index is 0.00500. The summed E-state index contributed by atoms with van der Waals surface area (Å²) in [7, 11) is 0.984. The number of unbranched alkanes of at least 4 members (excludes halogenated alkanes) is 1. The van der Waals surface area contributed by atoms with Gasteiger partial charge in [0.2, 0.25) is 8.32 Å². The quantitative estimate of drug-likeness (QED) is 0.0866. The molecule has 284 valence electrons. The number of thioether (sulfide) groups is 1. The van der Waals surface area contributed by atoms with Gasteiger partial charge in [-0.05, 0) is 77.0 Å². The number of ether oxygens (including phenoxy) is 4. The van der Waals surface area contributed by atoms with Crippen LogP contribution in [0.25, 0.3) is 0 Å². The first-order chi connectivity index (χ1) is 24.4. The maximum Gasteiger partial charge on any atom is 0.407 e. The van der Waals surface area contributed by atoms with Crippen LogP contribution in [0.4, 0.5) is 10.5 Å². The molecule has 1 N–H and O–H groups in total. The number of nitrogens with zero attached hydrogens (tertiary/aromatic N) is 2. The van der Waals surface area contributed by atoms with E-state index in [0.29, 0.717) is 47.6 Å². The molecule has 0 radical (unpaired) electrons. The van der Waals surface area contributed by atoms with Gasteiger partial charge in [-0.3, -0.25) is 4.79 Å². The van der Waals surface area contributed by atoms with Crippen molar-refractivity contribution in [3.05, 3.63) is 53.6 Å². The number of methoxy groups -OCH3 is 2. The van der Waals surface area contributed by atoms with Crippen molar-refractivity contribution >= 4 is 37.8 Å². The molecule has 2 aromatic rings. The zero-order valence-corrected chi connectivity index (χ0v) is 33.7. The fourth-order valence-corrected chi connectivity index (χ4v) is 14.5. The van der Waals surface area contributed by atoms with Gasteiger partial charge >= 0.3 is 6.09 Å². The Hall–Kier alpha value is -2.61. The Bertz CT molecular complexity index is 1390. The van der Waals surface area contributed by atoms with Crippen molar-refractivity contribution in [2.24, 2.45) is 0 Å². The number of rotatable bonds is 19. The van der Waals surface area contributed by atoms with E-state index in [9.17, 15) is 14.7 Å². The number of amides is 2. The normalized spacial score (nSPS) is 19.6. The molecule has 0 aromatic heterocycles. The number of hydrogen-bond donors (Lipinski definition) is 1. The van der Waals surface area contributed by atoms with Crippen LogP contribution in [-0.2, 0) is 30.0 Å². The second kappa shape index (κ2) is 19.5. The van der Waals surface area contributed by atoms with Gasteiger partial charge in [0.25, 0.3) is 5.91 Å². The van der Waals surface area contributed by atoms with Gasteiger partial charge < -0.3 is 38.3 Å². The van der Waals surface area contributed by atoms with Gasteiger partial charge in [0.05, 0.1) is 31.0 Å². The van der Waals surface area contributed by atoms with Crippen LogP contribution in [0.5, 0.6) is 5.75 Å². The Kier molecular flexibility index (Phi) is 15.7. The van der Waals surface area contributed by atoms with Crippen LogP contribution < -0.4 is 9.64 Å². The van der Waals surface area contributed by atoms with Crippen LogP contribution in [0.15, 0.2) is 47.4 Å². The minimum Gasteiger partial charge on any atom is -0.482 e. The number of anilines is 1. The lowest BCUT2D eigenvalue weighted by Crippen LogP contribution is -2.59. The van der Waals surface area contributed by atoms with Gasteiger partial charge in [-0.2, -0.15) is 0 Å². The fourth-order valence-electron chi connectivity index (χ4n) is 7.98. The van der Waals surface area contributed by atoms with E-state index in [1.807, 2.05) is 30.0 Å². The zero-order chi connectivity index (χ0) is 37.1. The zero-order valence-electron chi connectivity index (χ0n) is 31.9. The molecule has 4 rings (SSSR count). The summed E-state index contributed by atoms with van der Waals surface area (Å²) in [5.74, 6) is 1.40. The van der Waals surface area contributed by atoms with Gasteiger partial charge in [-0.1, -0.05) is 59.7 Å². The molecule has 2 amide bonds. The Morgan fingerprint density at radius 3 is 2.20 bits per heavy atom. The summed E-state index contributed by atoms with van der Waals surface area (Å²) in [5.41, 5.74) is 3.69. The number of carbonyl (C=O) groups is 2. The molecule has 10 nitrogen and oxygen atoms in total. The molecular weight excluding hydrogens is 685 g/mol. The van der Waals surface area contributed by atoms with Gasteiger partial charge in [0.15, 0.2) is 6.61 Å². The lowest BCUT2D eigenvalue weighted by atomic mass is 9.84. The van der Waals surface area contributed by atoms with Gasteiger partial charge in [0, 0.05) is 51.3 Å². The number of carbonyl (C=O) groups excluding carboxylic acids is 1. The van der Waals surface area contributed by atoms with Crippen LogP contribution in [0, 0.1) is 0 Å². The third-order valence-electron chi connectivity index (χ3n) is 10.4. The van der Waals surface area contributed by atoms with Crippen molar-refractivity contribution in [3.8, 4) is 5.75 Å². The van der Waals surface area contributed by atoms with E-state index in [2.05, 4.69) is 65.8 Å². The molecule has 51 heavy (non-hydrogen) atoms. The lowest BCUT2D eigenvalue weighted by Gasteiger charge is -2.50. The first-order valence-corrected chi connectivity index (χ1v) is 21.6. The number of fused-ring (bicyclic) bond motifs is 1. The molecule has 12 heteroatoms. The average molecular weight is 745 g/mol. The molecule has 1 fully saturated rings. The topological polar surface area (TPSA) is 107 Å². The molecule has 2 aromatic carbocycles. The molecule has 2 aliphatic rings. The summed E-state index contributed by atoms with van der Waals surface area (Å²) in [4.78, 5) is 29.9. The summed E-state index contributed by atoms with van der Waals surface area (Å²) < 4.78 is 30.4. The monoisotopic (exact) mass is 744 g/mol. The number of benzene rings is 2. The molecule has 2 heterocycles. The first kappa shape index (κ1) is 41.1. The molecule has 0 aliphatic carbocycles. The van der Waals surface area contributed by atoms with Gasteiger partial charge in [0.1, 0.15) is 5.75 Å². The highest BCUT2D eigenvalue weighted by molar-refractivity contribution is 7.99. The Morgan fingerprint density at radius 2 is 1.57 bits per heavy atom. The molecule has 1 saturated heterocycles. The number of piperidine rings is 1. The summed E-state index contributed by atoms with van der Waals surface area (Å²) in [6.45, 7) is 16.2. The summed E-state index contributed by atoms with van der Waals surface area (Å²) in [6, 6.07) is 14.5. The van der Waals surface area contributed by atoms with Gasteiger partial charge in [-0.15, -0.1) is 11.8 Å². The standard InChI is InChI=1S/C39H60N2O8SSi/c1-27(2)51(28(3)4,29(5)6)49-36-24-40(39(43)44)23-35(38(36)31-13-15-32(16-14-31)50-21-10-9-19-45-7)47-25-30-12-17-34-33(22-30)41(18-11-20-46-8)37(42)26-48-34/h12-17,22,27-29,35-36,38H,9-11,18-21,23-26H2,1-8H3,(H,43,44)/t35-,36+,38+/m0/s1. The third kappa shape index (κ3) is 10.3. The molecule has 0 saturated carbocycles. The van der Waals surface area contributed by atoms with Crippen molar-refractivity contribution < 1.29 is 38.1 Å². The fraction of sp³-hybridized carbons (Fsp3) is 0.641. The Morgan fingerprint density at radius 1 is 0.922 bits per heavy atom. The minimum atomic E-state index is -2.40. The molecule has 0 spiro atoms. The second-order valence-corrected chi connectivity index (χ2v) is 21.2. The van der Waals surface area contributed by atoms with E-state index >= 15 is 0 Å². The van der Waals surface area contributed by atoms with Crippen molar-refractivity contribution in [2.75, 3.05) is 64.3 Å². The highest BCUT2D eigenvalue weighted by Gasteiger charge is 2.51. The summed E-state index contributed by atoms with van der Waals surface area (Å²) in [5, 5.41) is 10.3.